The Hall–Kier alpha value is -1.44. The summed E-state index contributed by atoms with van der Waals surface area (Å²) in [6, 6.07) is 1.65. The Balaban J connectivity index is 1.40. The third kappa shape index (κ3) is 5.53. The molecule has 0 radical (unpaired) electrons. The van der Waals surface area contributed by atoms with Gasteiger partial charge < -0.3 is 16.0 Å². The first kappa shape index (κ1) is 19.3. The van der Waals surface area contributed by atoms with E-state index in [1.54, 1.807) is 11.4 Å². The number of amides is 2. The Kier molecular flexibility index (Phi) is 7.05. The lowest BCUT2D eigenvalue weighted by Gasteiger charge is -2.34. The first-order chi connectivity index (χ1) is 12.6. The lowest BCUT2D eigenvalue weighted by molar-refractivity contribution is -0.117. The molecule has 26 heavy (non-hydrogen) atoms. The number of likely N-dealkylation sites (tertiary alicyclic amines) is 2. The number of hydrogen-bond acceptors (Lipinski definition) is 5. The van der Waals surface area contributed by atoms with Crippen LogP contribution in [0.2, 0.25) is 0 Å². The number of nitrogens with one attached hydrogen (secondary N) is 1. The van der Waals surface area contributed by atoms with Crippen molar-refractivity contribution in [3.8, 4) is 0 Å². The molecule has 2 fully saturated rings. The molecule has 2 aliphatic heterocycles. The molecule has 2 amide bonds. The van der Waals surface area contributed by atoms with Crippen LogP contribution in [0.1, 0.15) is 48.9 Å². The van der Waals surface area contributed by atoms with Gasteiger partial charge in [0.1, 0.15) is 5.00 Å². The largest absolute Gasteiger partial charge is 0.366 e. The van der Waals surface area contributed by atoms with Crippen molar-refractivity contribution in [2.75, 3.05) is 44.6 Å². The van der Waals surface area contributed by atoms with E-state index in [0.717, 1.165) is 31.8 Å². The van der Waals surface area contributed by atoms with Crippen LogP contribution in [0.4, 0.5) is 5.00 Å². The molecule has 1 aromatic heterocycles. The highest BCUT2D eigenvalue weighted by Crippen LogP contribution is 2.23. The molecule has 3 N–H and O–H groups in total. The summed E-state index contributed by atoms with van der Waals surface area (Å²) in [5.41, 5.74) is 5.71. The molecule has 0 bridgehead atoms. The van der Waals surface area contributed by atoms with E-state index in [9.17, 15) is 9.59 Å². The van der Waals surface area contributed by atoms with E-state index >= 15 is 0 Å². The quantitative estimate of drug-likeness (QED) is 0.797. The van der Waals surface area contributed by atoms with Crippen molar-refractivity contribution >= 4 is 28.2 Å². The van der Waals surface area contributed by atoms with Gasteiger partial charge in [-0.25, -0.2) is 0 Å². The minimum Gasteiger partial charge on any atom is -0.366 e. The number of carbonyl (C=O) groups is 2. The lowest BCUT2D eigenvalue weighted by atomic mass is 9.96. The summed E-state index contributed by atoms with van der Waals surface area (Å²) in [6.07, 6.45) is 7.77. The second-order valence-electron chi connectivity index (χ2n) is 7.51. The van der Waals surface area contributed by atoms with Crippen LogP contribution >= 0.6 is 11.3 Å². The second kappa shape index (κ2) is 9.48. The van der Waals surface area contributed by atoms with Crippen molar-refractivity contribution in [2.45, 2.75) is 38.5 Å². The van der Waals surface area contributed by atoms with Gasteiger partial charge in [0.15, 0.2) is 0 Å². The zero-order chi connectivity index (χ0) is 18.4. The highest BCUT2D eigenvalue weighted by molar-refractivity contribution is 7.14. The zero-order valence-electron chi connectivity index (χ0n) is 15.4. The molecule has 144 valence electrons. The highest BCUT2D eigenvalue weighted by Gasteiger charge is 2.23. The normalized spacial score (nSPS) is 20.6. The summed E-state index contributed by atoms with van der Waals surface area (Å²) in [5.74, 6) is 0.183. The number of primary amides is 1. The Morgan fingerprint density at radius 1 is 1.08 bits per heavy atom. The fourth-order valence-electron chi connectivity index (χ4n) is 3.98. The monoisotopic (exact) mass is 378 g/mol. The minimum absolute atomic E-state index is 0.0686. The predicted molar refractivity (Wildman–Crippen MR) is 106 cm³/mol. The van der Waals surface area contributed by atoms with Gasteiger partial charge in [-0.2, -0.15) is 0 Å². The number of rotatable bonds is 6. The molecule has 6 nitrogen and oxygen atoms in total. The third-order valence-corrected chi connectivity index (χ3v) is 6.30. The Bertz CT molecular complexity index is 602. The van der Waals surface area contributed by atoms with Crippen molar-refractivity contribution in [1.29, 1.82) is 0 Å². The van der Waals surface area contributed by atoms with Gasteiger partial charge >= 0.3 is 0 Å². The molecule has 3 rings (SSSR count). The van der Waals surface area contributed by atoms with Gasteiger partial charge in [-0.1, -0.05) is 12.8 Å². The summed E-state index contributed by atoms with van der Waals surface area (Å²) in [4.78, 5) is 28.5. The molecular formula is C19H30N4O2S. The fraction of sp³-hybridized carbons (Fsp3) is 0.684. The van der Waals surface area contributed by atoms with E-state index < -0.39 is 5.91 Å². The van der Waals surface area contributed by atoms with Crippen molar-refractivity contribution in [3.63, 3.8) is 0 Å². The smallest absolute Gasteiger partial charge is 0.251 e. The highest BCUT2D eigenvalue weighted by atomic mass is 32.1. The number of nitrogens with two attached hydrogens (primary N) is 1. The molecule has 2 saturated heterocycles. The lowest BCUT2D eigenvalue weighted by Crippen LogP contribution is -2.42. The fourth-order valence-corrected chi connectivity index (χ4v) is 4.79. The summed E-state index contributed by atoms with van der Waals surface area (Å²) < 4.78 is 0. The van der Waals surface area contributed by atoms with Crippen LogP contribution < -0.4 is 11.1 Å². The summed E-state index contributed by atoms with van der Waals surface area (Å²) >= 11 is 1.33. The average molecular weight is 379 g/mol. The zero-order valence-corrected chi connectivity index (χ0v) is 16.2. The number of nitrogens with zero attached hydrogens (tertiary/aromatic N) is 2. The van der Waals surface area contributed by atoms with Gasteiger partial charge in [-0.3, -0.25) is 14.5 Å². The Labute approximate surface area is 159 Å². The molecule has 0 saturated carbocycles. The molecule has 0 aliphatic carbocycles. The number of anilines is 1. The topological polar surface area (TPSA) is 78.7 Å². The molecule has 0 unspecified atom stereocenters. The maximum atomic E-state index is 12.3. The van der Waals surface area contributed by atoms with Gasteiger partial charge in [0.25, 0.3) is 5.91 Å². The van der Waals surface area contributed by atoms with Gasteiger partial charge in [0.2, 0.25) is 5.91 Å². The van der Waals surface area contributed by atoms with E-state index in [2.05, 4.69) is 15.1 Å². The average Bonchev–Trinajstić information content (AvgIpc) is 2.92. The van der Waals surface area contributed by atoms with Gasteiger partial charge in [-0.15, -0.1) is 11.3 Å². The molecule has 1 aromatic rings. The van der Waals surface area contributed by atoms with Crippen molar-refractivity contribution < 1.29 is 9.59 Å². The molecular weight excluding hydrogens is 348 g/mol. The second-order valence-corrected chi connectivity index (χ2v) is 8.43. The predicted octanol–water partition coefficient (Wildman–Crippen LogP) is 2.37. The Morgan fingerprint density at radius 2 is 1.77 bits per heavy atom. The molecule has 2 aliphatic rings. The van der Waals surface area contributed by atoms with Gasteiger partial charge in [0.05, 0.1) is 12.1 Å². The number of piperidine rings is 1. The van der Waals surface area contributed by atoms with Crippen LogP contribution in [0.25, 0.3) is 0 Å². The van der Waals surface area contributed by atoms with E-state index in [0.29, 0.717) is 17.1 Å². The van der Waals surface area contributed by atoms with Gasteiger partial charge in [-0.05, 0) is 69.2 Å². The first-order valence-electron chi connectivity index (χ1n) is 9.73. The van der Waals surface area contributed by atoms with Gasteiger partial charge in [0, 0.05) is 6.54 Å². The molecule has 3 heterocycles. The van der Waals surface area contributed by atoms with Crippen LogP contribution in [0, 0.1) is 5.92 Å². The number of hydrogen-bond donors (Lipinski definition) is 2. The standard InChI is InChI=1S/C19H30N4O2S/c20-18(25)16-7-12-26-19(16)21-17(24)14-23-10-5-15(6-11-23)13-22-8-3-1-2-4-9-22/h7,12,15H,1-6,8-11,13-14H2,(H2,20,25)(H,21,24). The third-order valence-electron chi connectivity index (χ3n) is 5.47. The molecule has 0 aromatic carbocycles. The van der Waals surface area contributed by atoms with E-state index in [4.69, 9.17) is 5.73 Å². The summed E-state index contributed by atoms with van der Waals surface area (Å²) in [7, 11) is 0. The maximum Gasteiger partial charge on any atom is 0.251 e. The van der Waals surface area contributed by atoms with Crippen molar-refractivity contribution in [3.05, 3.63) is 17.0 Å². The SMILES string of the molecule is NC(=O)c1ccsc1NC(=O)CN1CCC(CN2CCCCCC2)CC1. The van der Waals surface area contributed by atoms with Crippen LogP contribution in [-0.4, -0.2) is 60.9 Å². The van der Waals surface area contributed by atoms with Crippen molar-refractivity contribution in [1.82, 2.24) is 9.80 Å². The summed E-state index contributed by atoms with van der Waals surface area (Å²) in [5, 5.41) is 5.15. The minimum atomic E-state index is -0.504. The number of thiophene rings is 1. The molecule has 0 atom stereocenters. The number of carbonyl (C=O) groups excluding carboxylic acids is 2. The van der Waals surface area contributed by atoms with Crippen LogP contribution in [0.5, 0.6) is 0 Å². The molecule has 7 heteroatoms. The van der Waals surface area contributed by atoms with Crippen molar-refractivity contribution in [2.24, 2.45) is 11.7 Å². The van der Waals surface area contributed by atoms with Crippen LogP contribution in [-0.2, 0) is 4.79 Å². The molecule has 0 spiro atoms. The Morgan fingerprint density at radius 3 is 2.42 bits per heavy atom. The van der Waals surface area contributed by atoms with E-state index in [1.807, 2.05) is 0 Å². The van der Waals surface area contributed by atoms with E-state index in [1.165, 1.54) is 56.7 Å². The maximum absolute atomic E-state index is 12.3. The van der Waals surface area contributed by atoms with Crippen LogP contribution in [0.15, 0.2) is 11.4 Å². The van der Waals surface area contributed by atoms with E-state index in [-0.39, 0.29) is 5.91 Å². The van der Waals surface area contributed by atoms with Crippen LogP contribution in [0.3, 0.4) is 0 Å². The summed E-state index contributed by atoms with van der Waals surface area (Å²) in [6.45, 7) is 6.05. The first-order valence-corrected chi connectivity index (χ1v) is 10.6.